The minimum Gasteiger partial charge on any atom is -0.460 e. The molecule has 10 rings (SSSR count). The Morgan fingerprint density at radius 3 is 0.655 bits per heavy atom. The van der Waals surface area contributed by atoms with E-state index in [0.717, 1.165) is 165 Å². The van der Waals surface area contributed by atoms with Crippen molar-refractivity contribution in [2.24, 2.45) is 0 Å². The molecular weight excluding hydrogens is 1370 g/mol. The second kappa shape index (κ2) is 29.8. The third-order valence-corrected chi connectivity index (χ3v) is 30.7. The third kappa shape index (κ3) is 19.2. The Kier molecular flexibility index (Phi) is 24.1. The van der Waals surface area contributed by atoms with Crippen molar-refractivity contribution >= 4 is 23.8 Å². The predicted octanol–water partition coefficient (Wildman–Crippen LogP) is 16.8. The van der Waals surface area contributed by atoms with Crippen LogP contribution in [0.5, 0.6) is 12.0 Å². The van der Waals surface area contributed by atoms with Crippen LogP contribution in [-0.4, -0.2) is 252 Å². The number of rotatable bonds is 21. The second-order valence-corrected chi connectivity index (χ2v) is 47.6. The van der Waals surface area contributed by atoms with E-state index < -0.39 is 0 Å². The van der Waals surface area contributed by atoms with Crippen LogP contribution < -0.4 is 39.7 Å². The number of unbranched alkanes of at least 4 members (excludes halogenated alkanes) is 3. The van der Waals surface area contributed by atoms with E-state index in [-0.39, 0.29) is 137 Å². The fraction of sp³-hybridized carbons (Fsp3) is 0.933. The zero-order valence-corrected chi connectivity index (χ0v) is 78.1. The molecule has 0 atom stereocenters. The van der Waals surface area contributed by atoms with Crippen molar-refractivity contribution < 1.29 is 9.47 Å². The highest BCUT2D eigenvalue weighted by molar-refractivity contribution is 5.47. The van der Waals surface area contributed by atoms with Crippen molar-refractivity contribution in [3.63, 3.8) is 0 Å². The molecule has 2 N–H and O–H groups in total. The molecule has 110 heavy (non-hydrogen) atoms. The van der Waals surface area contributed by atoms with Gasteiger partial charge in [-0.1, -0.05) is 12.8 Å². The standard InChI is InChI=1S/C90H168N18O2/c1-75(2)45-61(46-76(3,4)97-75)105(69-91-71(95-73(93-69)109-67-57-87(25,26)103(37)88(27,28)58-67)107(63-49-79(9,10)99(33)80(11,12)50-63)64-51-81(13,14)100(34)82(15,16)52-64)43-41-39-40-42-44-106(62-47-77(5,6)98-78(7,8)48-62)70-92-72(96-74(94-70)110-68-59-89(29,30)104(38)90(31,32)60-68)108(65-53-83(17,18)101(35)84(19,20)54-65)66-55-85(21,22)102(36)86(23,24)56-66/h61-68,97-98H,39-60H2,1-38H3. The van der Waals surface area contributed by atoms with Crippen molar-refractivity contribution in [3.05, 3.63) is 0 Å². The van der Waals surface area contributed by atoms with Crippen LogP contribution in [0.1, 0.15) is 350 Å². The Morgan fingerprint density at radius 1 is 0.255 bits per heavy atom. The molecule has 0 bridgehead atoms. The van der Waals surface area contributed by atoms with Gasteiger partial charge in [-0.2, -0.15) is 29.9 Å². The Hall–Kier alpha value is -3.50. The molecule has 10 heterocycles. The summed E-state index contributed by atoms with van der Waals surface area (Å²) in [5.74, 6) is 3.06. The van der Waals surface area contributed by atoms with Gasteiger partial charge in [0, 0.05) is 164 Å². The SMILES string of the molecule is CN1C(C)(C)CC(Oc2nc(N(CCCCCCN(c3nc(OC4CC(C)(C)N(C)C(C)(C)C4)nc(N(C4CC(C)(C)N(C)C(C)(C)C4)C4CC(C)(C)N(C)C(C)(C)C4)n3)C3CC(C)(C)NC(C)(C)C3)C3CC(C)(C)NC(C)(C)C3)nc(N(C3CC(C)(C)N(C)C(C)(C)C3)C3CC(C)(C)N(C)C(C)(C)C3)n2)CC1(C)C. The van der Waals surface area contributed by atoms with Gasteiger partial charge in [-0.05, 0) is 354 Å². The van der Waals surface area contributed by atoms with Crippen LogP contribution in [0.4, 0.5) is 23.8 Å². The Labute approximate surface area is 673 Å². The molecule has 20 nitrogen and oxygen atoms in total. The third-order valence-electron chi connectivity index (χ3n) is 30.7. The molecule has 0 spiro atoms. The molecule has 8 aliphatic heterocycles. The van der Waals surface area contributed by atoms with Gasteiger partial charge in [0.25, 0.3) is 0 Å². The maximum absolute atomic E-state index is 7.47. The molecule has 8 fully saturated rings. The molecule has 0 saturated carbocycles. The maximum Gasteiger partial charge on any atom is 0.323 e. The monoisotopic (exact) mass is 1530 g/mol. The molecular formula is C90H168N18O2. The van der Waals surface area contributed by atoms with Crippen molar-refractivity contribution in [1.82, 2.24) is 69.9 Å². The largest absolute Gasteiger partial charge is 0.460 e. The van der Waals surface area contributed by atoms with Gasteiger partial charge in [0.05, 0.1) is 0 Å². The number of hydrogen-bond donors (Lipinski definition) is 2. The lowest BCUT2D eigenvalue weighted by Gasteiger charge is -2.60. The fourth-order valence-corrected chi connectivity index (χ4v) is 24.4. The summed E-state index contributed by atoms with van der Waals surface area (Å²) in [4.78, 5) is 61.2. The fourth-order valence-electron chi connectivity index (χ4n) is 24.4. The van der Waals surface area contributed by atoms with E-state index in [9.17, 15) is 0 Å². The second-order valence-electron chi connectivity index (χ2n) is 47.6. The normalized spacial score (nSPS) is 28.7. The van der Waals surface area contributed by atoms with Gasteiger partial charge in [-0.3, -0.25) is 29.4 Å². The van der Waals surface area contributed by atoms with Gasteiger partial charge in [-0.25, -0.2) is 0 Å². The van der Waals surface area contributed by atoms with Crippen molar-refractivity contribution in [2.45, 2.75) is 487 Å². The molecule has 0 aliphatic carbocycles. The number of hydrogen-bond acceptors (Lipinski definition) is 20. The topological polar surface area (TPSA) is 152 Å². The number of nitrogens with one attached hydrogen (secondary N) is 2. The minimum atomic E-state index is -0.132. The molecule has 0 radical (unpaired) electrons. The van der Waals surface area contributed by atoms with Gasteiger partial charge < -0.3 is 39.7 Å². The summed E-state index contributed by atoms with van der Waals surface area (Å²) in [5.41, 5.74) is -1.50. The smallest absolute Gasteiger partial charge is 0.323 e. The maximum atomic E-state index is 7.47. The molecule has 2 aromatic heterocycles. The lowest BCUT2D eigenvalue weighted by Crippen LogP contribution is -2.67. The first-order valence-electron chi connectivity index (χ1n) is 43.7. The van der Waals surface area contributed by atoms with E-state index in [0.29, 0.717) is 12.0 Å². The van der Waals surface area contributed by atoms with Gasteiger partial charge in [-0.15, -0.1) is 0 Å². The minimum absolute atomic E-state index is 0.0741. The van der Waals surface area contributed by atoms with Crippen molar-refractivity contribution in [1.29, 1.82) is 0 Å². The molecule has 630 valence electrons. The van der Waals surface area contributed by atoms with E-state index in [1.807, 2.05) is 0 Å². The average molecular weight is 1530 g/mol. The van der Waals surface area contributed by atoms with Crippen molar-refractivity contribution in [3.8, 4) is 12.0 Å². The van der Waals surface area contributed by atoms with Gasteiger partial charge >= 0.3 is 12.0 Å². The molecule has 2 aromatic rings. The van der Waals surface area contributed by atoms with Crippen LogP contribution in [0.3, 0.4) is 0 Å². The highest BCUT2D eigenvalue weighted by Crippen LogP contribution is 2.51. The Balaban J connectivity index is 1.06. The Bertz CT molecular complexity index is 3060. The van der Waals surface area contributed by atoms with E-state index in [1.54, 1.807) is 0 Å². The number of piperidine rings is 8. The van der Waals surface area contributed by atoms with Crippen LogP contribution in [0.2, 0.25) is 0 Å². The average Bonchev–Trinajstić information content (AvgIpc) is 0.750. The quantitative estimate of drug-likeness (QED) is 0.114. The lowest BCUT2D eigenvalue weighted by molar-refractivity contribution is -0.0583. The summed E-state index contributed by atoms with van der Waals surface area (Å²) >= 11 is 0. The molecule has 0 aromatic carbocycles. The predicted molar refractivity (Wildman–Crippen MR) is 461 cm³/mol. The zero-order chi connectivity index (χ0) is 82.5. The van der Waals surface area contributed by atoms with Crippen LogP contribution >= 0.6 is 0 Å². The first kappa shape index (κ1) is 88.9. The Morgan fingerprint density at radius 2 is 0.445 bits per heavy atom. The first-order valence-corrected chi connectivity index (χ1v) is 43.7. The number of likely N-dealkylation sites (tertiary alicyclic amines) is 6. The first-order chi connectivity index (χ1) is 49.7. The van der Waals surface area contributed by atoms with Gasteiger partial charge in [0.15, 0.2) is 0 Å². The lowest BCUT2D eigenvalue weighted by atomic mass is 9.73. The van der Waals surface area contributed by atoms with E-state index in [4.69, 9.17) is 39.4 Å². The highest BCUT2D eigenvalue weighted by Gasteiger charge is 2.56. The number of ether oxygens (including phenoxy) is 2. The molecule has 0 amide bonds. The summed E-state index contributed by atoms with van der Waals surface area (Å²) in [6.45, 7) is 78.9. The number of aromatic nitrogens is 6. The van der Waals surface area contributed by atoms with Gasteiger partial charge in [0.2, 0.25) is 23.8 Å². The van der Waals surface area contributed by atoms with E-state index in [2.05, 4.69) is 323 Å². The van der Waals surface area contributed by atoms with Crippen molar-refractivity contribution in [2.75, 3.05) is 75.0 Å². The number of nitrogens with zero attached hydrogens (tertiary/aromatic N) is 16. The van der Waals surface area contributed by atoms with Gasteiger partial charge in [0.1, 0.15) is 12.2 Å². The molecule has 8 saturated heterocycles. The molecule has 0 unspecified atom stereocenters. The number of anilines is 4. The summed E-state index contributed by atoms with van der Waals surface area (Å²) < 4.78 is 14.9. The highest BCUT2D eigenvalue weighted by atomic mass is 16.5. The van der Waals surface area contributed by atoms with Crippen LogP contribution in [0.25, 0.3) is 0 Å². The summed E-state index contributed by atoms with van der Waals surface area (Å²) in [7, 11) is 13.9. The van der Waals surface area contributed by atoms with Crippen LogP contribution in [-0.2, 0) is 0 Å². The van der Waals surface area contributed by atoms with E-state index >= 15 is 0 Å². The van der Waals surface area contributed by atoms with E-state index in [1.165, 1.54) is 0 Å². The molecule has 20 heteroatoms. The zero-order valence-electron chi connectivity index (χ0n) is 78.1. The van der Waals surface area contributed by atoms with Crippen LogP contribution in [0, 0.1) is 0 Å². The molecule has 8 aliphatic rings. The summed E-state index contributed by atoms with van der Waals surface area (Å²) in [5, 5.41) is 8.16. The van der Waals surface area contributed by atoms with Crippen LogP contribution in [0.15, 0.2) is 0 Å². The summed E-state index contributed by atoms with van der Waals surface area (Å²) in [6.07, 6.45) is 19.0. The summed E-state index contributed by atoms with van der Waals surface area (Å²) in [6, 6.07) is 1.93.